The Morgan fingerprint density at radius 2 is 1.50 bits per heavy atom. The summed E-state index contributed by atoms with van der Waals surface area (Å²) in [6.45, 7) is 10.8. The zero-order valence-corrected chi connectivity index (χ0v) is 13.0. The second-order valence-electron chi connectivity index (χ2n) is 4.37. The number of rotatable bonds is 10. The van der Waals surface area contributed by atoms with E-state index in [9.17, 15) is 0 Å². The Bertz CT molecular complexity index is 151. The summed E-state index contributed by atoms with van der Waals surface area (Å²) in [5, 5.41) is 3.36. The molecule has 0 aromatic heterocycles. The molecule has 0 heterocycles. The molecule has 0 rings (SSSR count). The van der Waals surface area contributed by atoms with Gasteiger partial charge in [0, 0.05) is 0 Å². The van der Waals surface area contributed by atoms with Crippen LogP contribution in [-0.4, -0.2) is 50.0 Å². The van der Waals surface area contributed by atoms with Crippen LogP contribution in [0.5, 0.6) is 0 Å². The molecule has 0 saturated heterocycles. The van der Waals surface area contributed by atoms with Crippen molar-refractivity contribution in [3.63, 3.8) is 0 Å². The molecular weight excluding hydrogens is 321 g/mol. The van der Waals surface area contributed by atoms with Crippen molar-refractivity contribution >= 4 is 0 Å². The van der Waals surface area contributed by atoms with Crippen LogP contribution in [0.25, 0.3) is 0 Å². The third kappa shape index (κ3) is 14.6. The quantitative estimate of drug-likeness (QED) is 0.284. The van der Waals surface area contributed by atoms with E-state index >= 15 is 0 Å². The van der Waals surface area contributed by atoms with Crippen LogP contribution in [0.15, 0.2) is 0 Å². The Morgan fingerprint density at radius 3 is 2.06 bits per heavy atom. The molecule has 0 atom stereocenters. The van der Waals surface area contributed by atoms with E-state index in [1.165, 1.54) is 0 Å². The molecule has 0 amide bonds. The van der Waals surface area contributed by atoms with Gasteiger partial charge in [-0.25, -0.2) is 0 Å². The number of alkyl halides is 1. The number of ether oxygens (including phenoxy) is 2. The molecule has 1 N–H and O–H groups in total. The zero-order valence-electron chi connectivity index (χ0n) is 10.8. The van der Waals surface area contributed by atoms with Crippen LogP contribution in [0.3, 0.4) is 0 Å². The van der Waals surface area contributed by atoms with Gasteiger partial charge < -0.3 is 0 Å². The van der Waals surface area contributed by atoms with E-state index in [-0.39, 0.29) is 27.2 Å². The van der Waals surface area contributed by atoms with Gasteiger partial charge in [-0.05, 0) is 0 Å². The van der Waals surface area contributed by atoms with E-state index in [0.717, 1.165) is 19.8 Å². The maximum absolute atomic E-state index is 5.41. The number of hydrogen-bond donors (Lipinski definition) is 1. The normalized spacial score (nSPS) is 12.2. The van der Waals surface area contributed by atoms with Crippen molar-refractivity contribution in [2.75, 3.05) is 44.5 Å². The van der Waals surface area contributed by atoms with Crippen LogP contribution >= 0.6 is 0 Å². The average Bonchev–Trinajstić information content (AvgIpc) is 2.19. The second kappa shape index (κ2) is 10.7. The topological polar surface area (TPSA) is 39.7 Å². The SMILES string of the molecule is C[I-]OCCOCCOCCNC(C)(C)C. The number of halogens is 1. The van der Waals surface area contributed by atoms with Gasteiger partial charge in [0.2, 0.25) is 0 Å². The van der Waals surface area contributed by atoms with Crippen LogP contribution in [0.2, 0.25) is 0 Å². The fourth-order valence-corrected chi connectivity index (χ4v) is 1.61. The van der Waals surface area contributed by atoms with Crippen molar-refractivity contribution < 1.29 is 34.2 Å². The van der Waals surface area contributed by atoms with Crippen molar-refractivity contribution in [2.45, 2.75) is 26.3 Å². The standard InChI is InChI=1S/C11H25INO3/c1-11(2,3)13-5-6-14-7-8-15-9-10-16-12-4/h13H,5-10H2,1-4H3/q-1. The molecule has 0 radical (unpaired) electrons. The molecule has 16 heavy (non-hydrogen) atoms. The molecule has 0 unspecified atom stereocenters. The van der Waals surface area contributed by atoms with E-state index in [1.54, 1.807) is 0 Å². The molecule has 0 bridgehead atoms. The molecule has 5 heteroatoms. The summed E-state index contributed by atoms with van der Waals surface area (Å²) in [4.78, 5) is 2.09. The third-order valence-corrected chi connectivity index (χ3v) is 2.75. The first kappa shape index (κ1) is 16.6. The van der Waals surface area contributed by atoms with E-state index in [4.69, 9.17) is 12.5 Å². The Hall–Kier alpha value is 0.570. The number of nitrogens with one attached hydrogen (secondary N) is 1. The molecule has 0 saturated carbocycles. The van der Waals surface area contributed by atoms with Crippen LogP contribution in [0, 0.1) is 0 Å². The molecule has 0 spiro atoms. The Balaban J connectivity index is 2.99. The van der Waals surface area contributed by atoms with Gasteiger partial charge in [0.1, 0.15) is 0 Å². The van der Waals surface area contributed by atoms with Gasteiger partial charge in [-0.15, -0.1) is 0 Å². The molecule has 0 aliphatic carbocycles. The van der Waals surface area contributed by atoms with E-state index < -0.39 is 0 Å². The van der Waals surface area contributed by atoms with Crippen molar-refractivity contribution in [3.05, 3.63) is 0 Å². The zero-order chi connectivity index (χ0) is 12.3. The first-order chi connectivity index (χ1) is 7.56. The van der Waals surface area contributed by atoms with Crippen LogP contribution in [0.4, 0.5) is 0 Å². The van der Waals surface area contributed by atoms with E-state index in [0.29, 0.717) is 19.8 Å². The maximum atomic E-state index is 5.41. The summed E-state index contributed by atoms with van der Waals surface area (Å²) >= 11 is -0.0581. The van der Waals surface area contributed by atoms with Crippen LogP contribution < -0.4 is 26.9 Å². The predicted octanol–water partition coefficient (Wildman–Crippen LogP) is -1.94. The van der Waals surface area contributed by atoms with Crippen LogP contribution in [0.1, 0.15) is 20.8 Å². The van der Waals surface area contributed by atoms with Crippen LogP contribution in [-0.2, 0) is 12.5 Å². The number of hydrogen-bond acceptors (Lipinski definition) is 4. The first-order valence-electron chi connectivity index (χ1n) is 5.58. The Kier molecular flexibility index (Phi) is 11.1. The summed E-state index contributed by atoms with van der Waals surface area (Å²) in [5.74, 6) is 0. The fourth-order valence-electron chi connectivity index (χ4n) is 0.988. The molecule has 0 aliphatic heterocycles. The van der Waals surface area contributed by atoms with E-state index in [1.807, 2.05) is 0 Å². The Morgan fingerprint density at radius 1 is 0.938 bits per heavy atom. The molecule has 100 valence electrons. The molecule has 0 aromatic rings. The summed E-state index contributed by atoms with van der Waals surface area (Å²) in [6, 6.07) is 0. The second-order valence-corrected chi connectivity index (χ2v) is 5.87. The van der Waals surface area contributed by atoms with Gasteiger partial charge in [-0.2, -0.15) is 0 Å². The minimum atomic E-state index is -0.0581. The van der Waals surface area contributed by atoms with Gasteiger partial charge in [-0.1, -0.05) is 0 Å². The average molecular weight is 346 g/mol. The third-order valence-electron chi connectivity index (χ3n) is 1.69. The van der Waals surface area contributed by atoms with Gasteiger partial charge in [0.05, 0.1) is 0 Å². The van der Waals surface area contributed by atoms with Crippen molar-refractivity contribution in [1.82, 2.24) is 5.32 Å². The van der Waals surface area contributed by atoms with Gasteiger partial charge in [-0.3, -0.25) is 0 Å². The Labute approximate surface area is 110 Å². The van der Waals surface area contributed by atoms with Crippen molar-refractivity contribution in [3.8, 4) is 0 Å². The summed E-state index contributed by atoms with van der Waals surface area (Å²) in [7, 11) is 0. The summed E-state index contributed by atoms with van der Waals surface area (Å²) in [5.41, 5.74) is 0.167. The van der Waals surface area contributed by atoms with Gasteiger partial charge in [0.15, 0.2) is 0 Å². The monoisotopic (exact) mass is 346 g/mol. The molecule has 0 aromatic carbocycles. The van der Waals surface area contributed by atoms with Crippen molar-refractivity contribution in [2.24, 2.45) is 0 Å². The fraction of sp³-hybridized carbons (Fsp3) is 1.00. The molecule has 0 fully saturated rings. The summed E-state index contributed by atoms with van der Waals surface area (Å²) in [6.07, 6.45) is 0. The molecular formula is C11H25INO3-. The van der Waals surface area contributed by atoms with E-state index in [2.05, 4.69) is 31.0 Å². The molecule has 4 nitrogen and oxygen atoms in total. The summed E-state index contributed by atoms with van der Waals surface area (Å²) < 4.78 is 16.0. The van der Waals surface area contributed by atoms with Gasteiger partial charge >= 0.3 is 110 Å². The molecule has 0 aliphatic rings. The first-order valence-corrected chi connectivity index (χ1v) is 8.62. The minimum absolute atomic E-state index is 0.0581. The van der Waals surface area contributed by atoms with Gasteiger partial charge in [0.25, 0.3) is 0 Å². The predicted molar refractivity (Wildman–Crippen MR) is 61.3 cm³/mol. The van der Waals surface area contributed by atoms with Crippen molar-refractivity contribution in [1.29, 1.82) is 0 Å².